The lowest BCUT2D eigenvalue weighted by molar-refractivity contribution is -0.757. The number of nitrogens with zero attached hydrogens (tertiary/aromatic N) is 3. The molecule has 0 radical (unpaired) electrons. The summed E-state index contributed by atoms with van der Waals surface area (Å²) in [6.07, 6.45) is 0. The molecule has 0 N–H and O–H groups in total. The molecule has 1 aromatic heterocycles. The highest BCUT2D eigenvalue weighted by Crippen LogP contribution is 2.19. The number of carbonyl (C=O) groups excluding carboxylic acids is 2. The van der Waals surface area contributed by atoms with Crippen LogP contribution in [-0.2, 0) is 5.54 Å². The second-order valence-electron chi connectivity index (χ2n) is 9.87. The third-order valence-electron chi connectivity index (χ3n) is 4.72. The lowest BCUT2D eigenvalue weighted by atomic mass is 10.0. The van der Waals surface area contributed by atoms with Crippen LogP contribution in [0.4, 0.5) is 0 Å². The Morgan fingerprint density at radius 3 is 1.27 bits per heavy atom. The van der Waals surface area contributed by atoms with Crippen molar-refractivity contribution < 1.29 is 14.2 Å². The van der Waals surface area contributed by atoms with Gasteiger partial charge in [-0.1, -0.05) is 0 Å². The number of amides is 2. The third-order valence-corrected chi connectivity index (χ3v) is 4.72. The lowest BCUT2D eigenvalue weighted by Crippen LogP contribution is -2.61. The summed E-state index contributed by atoms with van der Waals surface area (Å²) in [6.45, 7) is 18.0. The Labute approximate surface area is 159 Å². The first-order valence-electron chi connectivity index (χ1n) is 9.11. The van der Waals surface area contributed by atoms with E-state index in [1.807, 2.05) is 66.9 Å². The van der Waals surface area contributed by atoms with Crippen molar-refractivity contribution in [3.05, 3.63) is 29.6 Å². The van der Waals surface area contributed by atoms with E-state index in [1.165, 1.54) is 0 Å². The molecule has 0 unspecified atom stereocenters. The molecule has 0 bridgehead atoms. The molecule has 0 fully saturated rings. The van der Waals surface area contributed by atoms with Crippen molar-refractivity contribution in [2.75, 3.05) is 14.1 Å². The average molecular weight is 363 g/mol. The SMILES string of the molecule is CN(C(=O)c1cccc(C(=O)N(C)C(C)(C)C)[n+]1C(C)(C)C)C(C)(C)C. The maximum absolute atomic E-state index is 13.2. The second kappa shape index (κ2) is 7.01. The first-order chi connectivity index (χ1) is 11.5. The fourth-order valence-corrected chi connectivity index (χ4v) is 2.52. The van der Waals surface area contributed by atoms with Crippen molar-refractivity contribution in [1.82, 2.24) is 9.80 Å². The van der Waals surface area contributed by atoms with Gasteiger partial charge in [0.2, 0.25) is 0 Å². The number of pyridine rings is 1. The summed E-state index contributed by atoms with van der Waals surface area (Å²) in [5, 5.41) is 0. The molecule has 1 aromatic rings. The molecule has 26 heavy (non-hydrogen) atoms. The summed E-state index contributed by atoms with van der Waals surface area (Å²) in [6, 6.07) is 5.38. The van der Waals surface area contributed by atoms with Crippen LogP contribution in [0.1, 0.15) is 83.3 Å². The second-order valence-corrected chi connectivity index (χ2v) is 9.87. The molecular formula is C21H36N3O2+. The molecule has 5 nitrogen and oxygen atoms in total. The van der Waals surface area contributed by atoms with E-state index in [0.717, 1.165) is 0 Å². The van der Waals surface area contributed by atoms with Gasteiger partial charge in [0.1, 0.15) is 0 Å². The predicted octanol–water partition coefficient (Wildman–Crippen LogP) is 3.47. The van der Waals surface area contributed by atoms with Gasteiger partial charge < -0.3 is 9.80 Å². The number of carbonyl (C=O) groups is 2. The predicted molar refractivity (Wildman–Crippen MR) is 105 cm³/mol. The zero-order chi connectivity index (χ0) is 20.7. The van der Waals surface area contributed by atoms with Gasteiger partial charge in [0.15, 0.2) is 5.54 Å². The topological polar surface area (TPSA) is 44.5 Å². The van der Waals surface area contributed by atoms with E-state index in [9.17, 15) is 9.59 Å². The molecule has 0 spiro atoms. The molecule has 0 saturated carbocycles. The Morgan fingerprint density at radius 2 is 1.04 bits per heavy atom. The van der Waals surface area contributed by atoms with Gasteiger partial charge in [0.05, 0.1) is 0 Å². The Morgan fingerprint density at radius 1 is 0.731 bits per heavy atom. The van der Waals surface area contributed by atoms with Crippen LogP contribution < -0.4 is 4.57 Å². The lowest BCUT2D eigenvalue weighted by Gasteiger charge is -2.33. The summed E-state index contributed by atoms with van der Waals surface area (Å²) >= 11 is 0. The number of hydrogen-bond acceptors (Lipinski definition) is 2. The minimum atomic E-state index is -0.422. The molecule has 0 aliphatic carbocycles. The maximum Gasteiger partial charge on any atom is 0.318 e. The molecule has 0 aromatic carbocycles. The van der Waals surface area contributed by atoms with Gasteiger partial charge in [-0.15, -0.1) is 0 Å². The van der Waals surface area contributed by atoms with E-state index in [4.69, 9.17) is 0 Å². The monoisotopic (exact) mass is 362 g/mol. The molecule has 0 aliphatic heterocycles. The van der Waals surface area contributed by atoms with Crippen LogP contribution in [0.2, 0.25) is 0 Å². The third kappa shape index (κ3) is 4.63. The molecule has 2 amide bonds. The maximum atomic E-state index is 13.2. The Kier molecular flexibility index (Phi) is 5.97. The fraction of sp³-hybridized carbons (Fsp3) is 0.667. The minimum Gasteiger partial charge on any atom is -0.332 e. The first-order valence-corrected chi connectivity index (χ1v) is 9.11. The molecule has 0 aliphatic rings. The van der Waals surface area contributed by atoms with Gasteiger partial charge in [0, 0.05) is 58.1 Å². The van der Waals surface area contributed by atoms with E-state index >= 15 is 0 Å². The van der Waals surface area contributed by atoms with Crippen LogP contribution in [0.5, 0.6) is 0 Å². The van der Waals surface area contributed by atoms with Gasteiger partial charge in [-0.25, -0.2) is 0 Å². The molecule has 1 rings (SSSR count). The normalized spacial score (nSPS) is 12.7. The van der Waals surface area contributed by atoms with E-state index in [2.05, 4.69) is 0 Å². The highest BCUT2D eigenvalue weighted by Gasteiger charge is 2.40. The highest BCUT2D eigenvalue weighted by atomic mass is 16.2. The number of hydrogen-bond donors (Lipinski definition) is 0. The molecular weight excluding hydrogens is 326 g/mol. The van der Waals surface area contributed by atoms with E-state index in [1.54, 1.807) is 42.1 Å². The van der Waals surface area contributed by atoms with Crippen LogP contribution in [0.15, 0.2) is 18.2 Å². The standard InChI is InChI=1S/C21H36N3O2/c1-19(2,3)22(10)17(25)15-13-12-14-16(24(15)21(7,8)9)18(26)23(11)20(4,5)6/h12-14H,1-11H3/q+1. The van der Waals surface area contributed by atoms with Crippen molar-refractivity contribution >= 4 is 11.8 Å². The summed E-state index contributed by atoms with van der Waals surface area (Å²) in [5.41, 5.74) is -0.00945. The Hall–Kier alpha value is -1.91. The molecule has 146 valence electrons. The fourth-order valence-electron chi connectivity index (χ4n) is 2.52. The van der Waals surface area contributed by atoms with Gasteiger partial charge >= 0.3 is 11.8 Å². The van der Waals surface area contributed by atoms with Crippen LogP contribution in [0, 0.1) is 0 Å². The van der Waals surface area contributed by atoms with Gasteiger partial charge in [-0.2, -0.15) is 4.57 Å². The van der Waals surface area contributed by atoms with E-state index in [-0.39, 0.29) is 22.9 Å². The zero-order valence-corrected chi connectivity index (χ0v) is 18.4. The molecule has 5 heteroatoms. The van der Waals surface area contributed by atoms with Crippen molar-refractivity contribution in [2.45, 2.75) is 78.9 Å². The molecule has 0 saturated heterocycles. The van der Waals surface area contributed by atoms with Crippen molar-refractivity contribution in [3.8, 4) is 0 Å². The average Bonchev–Trinajstić information content (AvgIpc) is 2.48. The molecule has 1 heterocycles. The van der Waals surface area contributed by atoms with Crippen LogP contribution in [-0.4, -0.2) is 46.8 Å². The summed E-state index contributed by atoms with van der Waals surface area (Å²) < 4.78 is 1.86. The van der Waals surface area contributed by atoms with Crippen LogP contribution in [0.3, 0.4) is 0 Å². The molecule has 0 atom stereocenters. The minimum absolute atomic E-state index is 0.0968. The highest BCUT2D eigenvalue weighted by molar-refractivity contribution is 5.94. The quantitative estimate of drug-likeness (QED) is 0.756. The van der Waals surface area contributed by atoms with Crippen LogP contribution >= 0.6 is 0 Å². The van der Waals surface area contributed by atoms with E-state index < -0.39 is 5.54 Å². The summed E-state index contributed by atoms with van der Waals surface area (Å²) in [4.78, 5) is 29.8. The van der Waals surface area contributed by atoms with Crippen molar-refractivity contribution in [3.63, 3.8) is 0 Å². The van der Waals surface area contributed by atoms with Gasteiger partial charge in [0.25, 0.3) is 11.4 Å². The van der Waals surface area contributed by atoms with Crippen LogP contribution in [0.25, 0.3) is 0 Å². The van der Waals surface area contributed by atoms with Gasteiger partial charge in [-0.3, -0.25) is 9.59 Å². The van der Waals surface area contributed by atoms with Crippen molar-refractivity contribution in [2.24, 2.45) is 0 Å². The zero-order valence-electron chi connectivity index (χ0n) is 18.4. The Bertz CT molecular complexity index is 638. The smallest absolute Gasteiger partial charge is 0.318 e. The summed E-state index contributed by atoms with van der Waals surface area (Å²) in [7, 11) is 3.59. The van der Waals surface area contributed by atoms with Crippen molar-refractivity contribution in [1.29, 1.82) is 0 Å². The number of aromatic nitrogens is 1. The summed E-state index contributed by atoms with van der Waals surface area (Å²) in [5.74, 6) is -0.194. The largest absolute Gasteiger partial charge is 0.332 e. The van der Waals surface area contributed by atoms with E-state index in [0.29, 0.717) is 11.4 Å². The van der Waals surface area contributed by atoms with Gasteiger partial charge in [-0.05, 0) is 47.6 Å². The number of rotatable bonds is 2. The first kappa shape index (κ1) is 22.1. The Balaban J connectivity index is 3.63.